The van der Waals surface area contributed by atoms with E-state index in [1.165, 1.54) is 21.3 Å². The fourth-order valence-corrected chi connectivity index (χ4v) is 1.53. The molecule has 19 heavy (non-hydrogen) atoms. The zero-order valence-corrected chi connectivity index (χ0v) is 11.1. The van der Waals surface area contributed by atoms with Crippen LogP contribution in [-0.4, -0.2) is 40.1 Å². The van der Waals surface area contributed by atoms with Gasteiger partial charge < -0.3 is 18.9 Å². The second kappa shape index (κ2) is 7.38. The van der Waals surface area contributed by atoms with Gasteiger partial charge in [-0.3, -0.25) is 4.79 Å². The maximum atomic E-state index is 11.8. The third-order valence-electron chi connectivity index (χ3n) is 2.40. The molecular formula is C13H16O6. The molecule has 0 unspecified atom stereocenters. The van der Waals surface area contributed by atoms with Crippen LogP contribution in [0.2, 0.25) is 0 Å². The molecule has 1 aromatic rings. The Morgan fingerprint density at radius 3 is 2.42 bits per heavy atom. The Morgan fingerprint density at radius 2 is 1.84 bits per heavy atom. The molecule has 6 heteroatoms. The molecule has 0 aliphatic carbocycles. The first-order valence-electron chi connectivity index (χ1n) is 5.52. The minimum atomic E-state index is -0.578. The number of methoxy groups -OCH3 is 3. The van der Waals surface area contributed by atoms with Crippen molar-refractivity contribution in [2.75, 3.05) is 28.1 Å². The normalized spacial score (nSPS) is 9.84. The summed E-state index contributed by atoms with van der Waals surface area (Å²) in [5, 5.41) is 0. The molecule has 0 bridgehead atoms. The monoisotopic (exact) mass is 268 g/mol. The second-order valence-electron chi connectivity index (χ2n) is 3.59. The highest BCUT2D eigenvalue weighted by atomic mass is 16.7. The molecule has 0 aliphatic rings. The van der Waals surface area contributed by atoms with Crippen molar-refractivity contribution in [3.05, 3.63) is 29.3 Å². The summed E-state index contributed by atoms with van der Waals surface area (Å²) < 4.78 is 19.4. The molecule has 0 spiro atoms. The molecule has 0 fully saturated rings. The highest BCUT2D eigenvalue weighted by molar-refractivity contribution is 5.95. The average Bonchev–Trinajstić information content (AvgIpc) is 2.44. The average molecular weight is 268 g/mol. The fraction of sp³-hybridized carbons (Fsp3) is 0.385. The van der Waals surface area contributed by atoms with Gasteiger partial charge in [0.05, 0.1) is 20.6 Å². The first kappa shape index (κ1) is 15.0. The van der Waals surface area contributed by atoms with Crippen molar-refractivity contribution in [3.8, 4) is 5.75 Å². The van der Waals surface area contributed by atoms with Gasteiger partial charge in [-0.15, -0.1) is 0 Å². The molecule has 0 atom stereocenters. The Morgan fingerprint density at radius 1 is 1.11 bits per heavy atom. The Hall–Kier alpha value is -2.08. The summed E-state index contributed by atoms with van der Waals surface area (Å²) in [6.07, 6.45) is -0.0366. The van der Waals surface area contributed by atoms with E-state index in [1.54, 1.807) is 18.2 Å². The largest absolute Gasteiger partial charge is 0.469 e. The zero-order chi connectivity index (χ0) is 14.3. The Balaban J connectivity index is 3.14. The molecular weight excluding hydrogens is 252 g/mol. The van der Waals surface area contributed by atoms with E-state index in [9.17, 15) is 9.59 Å². The van der Waals surface area contributed by atoms with Crippen molar-refractivity contribution in [2.45, 2.75) is 6.42 Å². The molecule has 1 aromatic carbocycles. The lowest BCUT2D eigenvalue weighted by molar-refractivity contribution is -0.139. The van der Waals surface area contributed by atoms with Gasteiger partial charge in [0.15, 0.2) is 6.79 Å². The van der Waals surface area contributed by atoms with Crippen molar-refractivity contribution in [1.82, 2.24) is 0 Å². The predicted octanol–water partition coefficient (Wildman–Crippen LogP) is 1.17. The third-order valence-corrected chi connectivity index (χ3v) is 2.40. The second-order valence-corrected chi connectivity index (χ2v) is 3.59. The van der Waals surface area contributed by atoms with Crippen LogP contribution in [0.15, 0.2) is 18.2 Å². The number of hydrogen-bond donors (Lipinski definition) is 0. The number of esters is 2. The SMILES string of the molecule is COCOc1cccc(CC(=O)OC)c1C(=O)OC. The van der Waals surface area contributed by atoms with E-state index < -0.39 is 11.9 Å². The number of carbonyl (C=O) groups is 2. The lowest BCUT2D eigenvalue weighted by Crippen LogP contribution is -2.13. The van der Waals surface area contributed by atoms with Gasteiger partial charge in [0.25, 0.3) is 0 Å². The van der Waals surface area contributed by atoms with Crippen LogP contribution in [0, 0.1) is 0 Å². The molecule has 1 rings (SSSR count). The quantitative estimate of drug-likeness (QED) is 0.569. The van der Waals surface area contributed by atoms with Gasteiger partial charge in [-0.25, -0.2) is 4.79 Å². The fourth-order valence-electron chi connectivity index (χ4n) is 1.53. The summed E-state index contributed by atoms with van der Waals surface area (Å²) >= 11 is 0. The molecule has 0 radical (unpaired) electrons. The summed E-state index contributed by atoms with van der Waals surface area (Å²) in [7, 11) is 4.01. The van der Waals surface area contributed by atoms with E-state index in [0.717, 1.165) is 0 Å². The van der Waals surface area contributed by atoms with Crippen LogP contribution in [-0.2, 0) is 25.4 Å². The van der Waals surface area contributed by atoms with Crippen molar-refractivity contribution in [2.24, 2.45) is 0 Å². The van der Waals surface area contributed by atoms with E-state index in [1.807, 2.05) is 0 Å². The first-order valence-corrected chi connectivity index (χ1v) is 5.52. The van der Waals surface area contributed by atoms with E-state index in [4.69, 9.17) is 14.2 Å². The molecule has 0 heterocycles. The maximum absolute atomic E-state index is 11.8. The smallest absolute Gasteiger partial charge is 0.341 e. The van der Waals surface area contributed by atoms with Gasteiger partial charge in [0.1, 0.15) is 11.3 Å². The predicted molar refractivity (Wildman–Crippen MR) is 66.0 cm³/mol. The van der Waals surface area contributed by atoms with Gasteiger partial charge in [-0.2, -0.15) is 0 Å². The summed E-state index contributed by atoms with van der Waals surface area (Å²) in [5.74, 6) is -0.727. The Kier molecular flexibility index (Phi) is 5.81. The van der Waals surface area contributed by atoms with Crippen molar-refractivity contribution in [1.29, 1.82) is 0 Å². The number of carbonyl (C=O) groups excluding carboxylic acids is 2. The van der Waals surface area contributed by atoms with Gasteiger partial charge in [-0.05, 0) is 11.6 Å². The van der Waals surface area contributed by atoms with Crippen molar-refractivity contribution < 1.29 is 28.5 Å². The molecule has 0 aliphatic heterocycles. The van der Waals surface area contributed by atoms with Gasteiger partial charge in [0, 0.05) is 7.11 Å². The lowest BCUT2D eigenvalue weighted by atomic mass is 10.0. The Bertz CT molecular complexity index is 454. The van der Waals surface area contributed by atoms with Crippen molar-refractivity contribution in [3.63, 3.8) is 0 Å². The van der Waals surface area contributed by atoms with Crippen LogP contribution < -0.4 is 4.74 Å². The van der Waals surface area contributed by atoms with Crippen LogP contribution in [0.1, 0.15) is 15.9 Å². The zero-order valence-electron chi connectivity index (χ0n) is 11.1. The van der Waals surface area contributed by atoms with Gasteiger partial charge in [-0.1, -0.05) is 12.1 Å². The Labute approximate surface area is 111 Å². The lowest BCUT2D eigenvalue weighted by Gasteiger charge is -2.13. The highest BCUT2D eigenvalue weighted by Crippen LogP contribution is 2.24. The van der Waals surface area contributed by atoms with E-state index in [-0.39, 0.29) is 18.8 Å². The van der Waals surface area contributed by atoms with Crippen molar-refractivity contribution >= 4 is 11.9 Å². The summed E-state index contributed by atoms with van der Waals surface area (Å²) in [5.41, 5.74) is 0.680. The van der Waals surface area contributed by atoms with Gasteiger partial charge in [0.2, 0.25) is 0 Å². The van der Waals surface area contributed by atoms with Crippen LogP contribution in [0.25, 0.3) is 0 Å². The number of rotatable bonds is 6. The van der Waals surface area contributed by atoms with Crippen LogP contribution in [0.5, 0.6) is 5.75 Å². The molecule has 0 saturated heterocycles. The van der Waals surface area contributed by atoms with E-state index >= 15 is 0 Å². The van der Waals surface area contributed by atoms with Crippen LogP contribution >= 0.6 is 0 Å². The third kappa shape index (κ3) is 3.96. The number of hydrogen-bond acceptors (Lipinski definition) is 6. The molecule has 0 saturated carbocycles. The molecule has 6 nitrogen and oxygen atoms in total. The topological polar surface area (TPSA) is 71.1 Å². The molecule has 0 N–H and O–H groups in total. The number of benzene rings is 1. The molecule has 0 aromatic heterocycles. The first-order chi connectivity index (χ1) is 9.13. The van der Waals surface area contributed by atoms with Crippen LogP contribution in [0.3, 0.4) is 0 Å². The summed E-state index contributed by atoms with van der Waals surface area (Å²) in [6.45, 7) is -0.00826. The standard InChI is InChI=1S/C13H16O6/c1-16-8-19-10-6-4-5-9(7-11(14)17-2)12(10)13(15)18-3/h4-6H,7-8H2,1-3H3. The van der Waals surface area contributed by atoms with E-state index in [0.29, 0.717) is 11.3 Å². The molecule has 0 amide bonds. The van der Waals surface area contributed by atoms with E-state index in [2.05, 4.69) is 4.74 Å². The highest BCUT2D eigenvalue weighted by Gasteiger charge is 2.20. The summed E-state index contributed by atoms with van der Waals surface area (Å²) in [4.78, 5) is 23.1. The van der Waals surface area contributed by atoms with Crippen LogP contribution in [0.4, 0.5) is 0 Å². The van der Waals surface area contributed by atoms with Gasteiger partial charge >= 0.3 is 11.9 Å². The number of ether oxygens (including phenoxy) is 4. The maximum Gasteiger partial charge on any atom is 0.341 e. The molecule has 104 valence electrons. The minimum absolute atomic E-state index is 0.00826. The minimum Gasteiger partial charge on any atom is -0.469 e. The summed E-state index contributed by atoms with van der Waals surface area (Å²) in [6, 6.07) is 4.92.